The molecule has 0 radical (unpaired) electrons. The number of rotatable bonds is 3. The van der Waals surface area contributed by atoms with Crippen molar-refractivity contribution in [1.82, 2.24) is 0 Å². The van der Waals surface area contributed by atoms with Gasteiger partial charge in [0.2, 0.25) is 0 Å². The van der Waals surface area contributed by atoms with Crippen LogP contribution in [0.5, 0.6) is 0 Å². The van der Waals surface area contributed by atoms with Crippen molar-refractivity contribution in [3.8, 4) is 0 Å². The number of benzene rings is 1. The van der Waals surface area contributed by atoms with Crippen LogP contribution in [0.4, 0.5) is 10.1 Å². The SMILES string of the molecule is CN(c1cccc(F)c1)S(=O)(=O)c1cccs1. The van der Waals surface area contributed by atoms with Crippen molar-refractivity contribution in [2.75, 3.05) is 11.4 Å². The summed E-state index contributed by atoms with van der Waals surface area (Å²) in [7, 11) is -2.17. The molecule has 0 saturated heterocycles. The smallest absolute Gasteiger partial charge is 0.269 e. The fourth-order valence-corrected chi connectivity index (χ4v) is 3.70. The van der Waals surface area contributed by atoms with Crippen LogP contribution < -0.4 is 4.31 Å². The lowest BCUT2D eigenvalue weighted by Gasteiger charge is -2.18. The average molecular weight is 271 g/mol. The third-order valence-corrected chi connectivity index (χ3v) is 5.44. The van der Waals surface area contributed by atoms with E-state index in [1.165, 1.54) is 31.3 Å². The molecule has 0 unspecified atom stereocenters. The molecule has 17 heavy (non-hydrogen) atoms. The molecule has 1 aromatic heterocycles. The number of thiophene rings is 1. The van der Waals surface area contributed by atoms with Gasteiger partial charge >= 0.3 is 0 Å². The van der Waals surface area contributed by atoms with Gasteiger partial charge in [0, 0.05) is 7.05 Å². The van der Waals surface area contributed by atoms with Crippen LogP contribution in [0.1, 0.15) is 0 Å². The zero-order chi connectivity index (χ0) is 12.5. The molecule has 6 heteroatoms. The topological polar surface area (TPSA) is 37.4 Å². The second-order valence-electron chi connectivity index (χ2n) is 3.38. The van der Waals surface area contributed by atoms with Crippen LogP contribution in [0.15, 0.2) is 46.0 Å². The Morgan fingerprint density at radius 3 is 2.59 bits per heavy atom. The summed E-state index contributed by atoms with van der Waals surface area (Å²) >= 11 is 1.13. The standard InChI is InChI=1S/C11H10FNO2S2/c1-13(10-5-2-4-9(12)8-10)17(14,15)11-6-3-7-16-11/h2-8H,1H3. The van der Waals surface area contributed by atoms with Gasteiger partial charge in [-0.1, -0.05) is 12.1 Å². The highest BCUT2D eigenvalue weighted by atomic mass is 32.2. The molecule has 0 aliphatic carbocycles. The van der Waals surface area contributed by atoms with E-state index in [-0.39, 0.29) is 4.21 Å². The van der Waals surface area contributed by atoms with Crippen molar-refractivity contribution in [3.63, 3.8) is 0 Å². The van der Waals surface area contributed by atoms with Gasteiger partial charge in [0.25, 0.3) is 10.0 Å². The predicted molar refractivity (Wildman–Crippen MR) is 66.3 cm³/mol. The molecule has 1 heterocycles. The van der Waals surface area contributed by atoms with Crippen molar-refractivity contribution in [3.05, 3.63) is 47.6 Å². The third-order valence-electron chi connectivity index (χ3n) is 2.28. The van der Waals surface area contributed by atoms with E-state index >= 15 is 0 Å². The molecular weight excluding hydrogens is 261 g/mol. The summed E-state index contributed by atoms with van der Waals surface area (Å²) in [5.41, 5.74) is 0.304. The first-order chi connectivity index (χ1) is 8.01. The summed E-state index contributed by atoms with van der Waals surface area (Å²) in [4.78, 5) is 0. The number of anilines is 1. The fraction of sp³-hybridized carbons (Fsp3) is 0.0909. The first kappa shape index (κ1) is 12.1. The van der Waals surface area contributed by atoms with Gasteiger partial charge in [-0.3, -0.25) is 4.31 Å². The normalized spacial score (nSPS) is 11.4. The fourth-order valence-electron chi connectivity index (χ4n) is 1.36. The van der Waals surface area contributed by atoms with Crippen molar-refractivity contribution in [2.45, 2.75) is 4.21 Å². The van der Waals surface area contributed by atoms with Crippen LogP contribution in [0.3, 0.4) is 0 Å². The highest BCUT2D eigenvalue weighted by Crippen LogP contribution is 2.25. The number of halogens is 1. The minimum absolute atomic E-state index is 0.240. The van der Waals surface area contributed by atoms with Gasteiger partial charge in [0.05, 0.1) is 5.69 Å². The summed E-state index contributed by atoms with van der Waals surface area (Å²) < 4.78 is 38.6. The zero-order valence-electron chi connectivity index (χ0n) is 9.00. The van der Waals surface area contributed by atoms with E-state index in [0.717, 1.165) is 15.6 Å². The van der Waals surface area contributed by atoms with E-state index in [1.807, 2.05) is 0 Å². The Labute approximate surface area is 103 Å². The van der Waals surface area contributed by atoms with Crippen LogP contribution in [-0.2, 0) is 10.0 Å². The maximum absolute atomic E-state index is 13.0. The van der Waals surface area contributed by atoms with Crippen LogP contribution in [0.2, 0.25) is 0 Å². The van der Waals surface area contributed by atoms with E-state index in [2.05, 4.69) is 0 Å². The molecule has 0 amide bonds. The predicted octanol–water partition coefficient (Wildman–Crippen LogP) is 2.71. The minimum Gasteiger partial charge on any atom is -0.269 e. The Balaban J connectivity index is 2.42. The lowest BCUT2D eigenvalue weighted by Crippen LogP contribution is -2.25. The van der Waals surface area contributed by atoms with Gasteiger partial charge in [-0.05, 0) is 29.6 Å². The van der Waals surface area contributed by atoms with Crippen LogP contribution in [-0.4, -0.2) is 15.5 Å². The van der Waals surface area contributed by atoms with Crippen LogP contribution >= 0.6 is 11.3 Å². The Kier molecular flexibility index (Phi) is 3.17. The lowest BCUT2D eigenvalue weighted by molar-refractivity contribution is 0.596. The van der Waals surface area contributed by atoms with Gasteiger partial charge in [-0.2, -0.15) is 0 Å². The summed E-state index contributed by atoms with van der Waals surface area (Å²) in [6.07, 6.45) is 0. The molecule has 0 N–H and O–H groups in total. The monoisotopic (exact) mass is 271 g/mol. The van der Waals surface area contributed by atoms with E-state index in [0.29, 0.717) is 5.69 Å². The van der Waals surface area contributed by atoms with E-state index in [1.54, 1.807) is 17.5 Å². The Morgan fingerprint density at radius 2 is 2.00 bits per heavy atom. The van der Waals surface area contributed by atoms with Crippen LogP contribution in [0, 0.1) is 5.82 Å². The number of hydrogen-bond acceptors (Lipinski definition) is 3. The van der Waals surface area contributed by atoms with E-state index in [9.17, 15) is 12.8 Å². The van der Waals surface area contributed by atoms with Crippen molar-refractivity contribution in [2.24, 2.45) is 0 Å². The first-order valence-corrected chi connectivity index (χ1v) is 7.12. The Morgan fingerprint density at radius 1 is 1.24 bits per heavy atom. The maximum Gasteiger partial charge on any atom is 0.273 e. The van der Waals surface area contributed by atoms with Crippen molar-refractivity contribution >= 4 is 27.0 Å². The molecule has 1 aromatic carbocycles. The summed E-state index contributed by atoms with van der Waals surface area (Å²) in [6, 6.07) is 8.67. The second kappa shape index (κ2) is 4.46. The Hall–Kier alpha value is -1.40. The zero-order valence-corrected chi connectivity index (χ0v) is 10.6. The molecule has 0 spiro atoms. The molecule has 0 atom stereocenters. The maximum atomic E-state index is 13.0. The average Bonchev–Trinajstić information content (AvgIpc) is 2.82. The van der Waals surface area contributed by atoms with E-state index in [4.69, 9.17) is 0 Å². The largest absolute Gasteiger partial charge is 0.273 e. The molecule has 90 valence electrons. The number of sulfonamides is 1. The Bertz CT molecular complexity index is 608. The molecule has 2 rings (SSSR count). The van der Waals surface area contributed by atoms with Crippen molar-refractivity contribution in [1.29, 1.82) is 0 Å². The second-order valence-corrected chi connectivity index (χ2v) is 6.53. The molecule has 3 nitrogen and oxygen atoms in total. The first-order valence-electron chi connectivity index (χ1n) is 4.80. The molecule has 0 aliphatic heterocycles. The highest BCUT2D eigenvalue weighted by molar-refractivity contribution is 7.94. The van der Waals surface area contributed by atoms with Gasteiger partial charge in [-0.15, -0.1) is 11.3 Å². The number of hydrogen-bond donors (Lipinski definition) is 0. The van der Waals surface area contributed by atoms with Gasteiger partial charge < -0.3 is 0 Å². The van der Waals surface area contributed by atoms with Crippen molar-refractivity contribution < 1.29 is 12.8 Å². The summed E-state index contributed by atoms with van der Waals surface area (Å²) in [5, 5.41) is 1.69. The molecular formula is C11H10FNO2S2. The van der Waals surface area contributed by atoms with Gasteiger partial charge in [0.15, 0.2) is 0 Å². The number of nitrogens with zero attached hydrogens (tertiary/aromatic N) is 1. The van der Waals surface area contributed by atoms with Gasteiger partial charge in [0.1, 0.15) is 10.0 Å². The molecule has 0 fully saturated rings. The minimum atomic E-state index is -3.58. The third kappa shape index (κ3) is 2.32. The molecule has 0 aliphatic rings. The highest BCUT2D eigenvalue weighted by Gasteiger charge is 2.22. The summed E-state index contributed by atoms with van der Waals surface area (Å²) in [6.45, 7) is 0. The molecule has 0 bridgehead atoms. The lowest BCUT2D eigenvalue weighted by atomic mass is 10.3. The molecule has 2 aromatic rings. The summed E-state index contributed by atoms with van der Waals surface area (Å²) in [5.74, 6) is -0.462. The van der Waals surface area contributed by atoms with E-state index < -0.39 is 15.8 Å². The van der Waals surface area contributed by atoms with Gasteiger partial charge in [-0.25, -0.2) is 12.8 Å². The van der Waals surface area contributed by atoms with Crippen LogP contribution in [0.25, 0.3) is 0 Å². The quantitative estimate of drug-likeness (QED) is 0.860. The molecule has 0 saturated carbocycles.